The number of benzene rings is 2. The third kappa shape index (κ3) is 7.38. The molecular formula is C26H29F3N4O2. The molecule has 0 spiro atoms. The molecule has 0 radical (unpaired) electrons. The van der Waals surface area contributed by atoms with Crippen LogP contribution in [-0.4, -0.2) is 60.4 Å². The highest BCUT2D eigenvalue weighted by atomic mass is 19.4. The van der Waals surface area contributed by atoms with Crippen molar-refractivity contribution in [3.05, 3.63) is 71.3 Å². The first kappa shape index (κ1) is 26.4. The molecule has 0 aliphatic carbocycles. The number of halogens is 3. The number of alkyl halides is 3. The van der Waals surface area contributed by atoms with Crippen LogP contribution in [0.15, 0.2) is 64.8 Å². The molecular weight excluding hydrogens is 457 g/mol. The molecule has 1 amide bonds. The van der Waals surface area contributed by atoms with E-state index in [-0.39, 0.29) is 18.9 Å². The first-order valence-corrected chi connectivity index (χ1v) is 11.4. The van der Waals surface area contributed by atoms with Crippen LogP contribution in [0.25, 0.3) is 0 Å². The zero-order valence-electron chi connectivity index (χ0n) is 19.7. The molecule has 0 bridgehead atoms. The lowest BCUT2D eigenvalue weighted by atomic mass is 10.0. The number of nitrogens with zero attached hydrogens (tertiary/aromatic N) is 3. The SMILES string of the molecule is CC#CC(NCCc1ccc(C(=O)N(C)CC2CC(C(F)(F)F)N=N2)cc1)C(O)c1ccccc1. The predicted molar refractivity (Wildman–Crippen MR) is 127 cm³/mol. The van der Waals surface area contributed by atoms with Crippen LogP contribution in [0.1, 0.15) is 40.9 Å². The van der Waals surface area contributed by atoms with Crippen LogP contribution in [0, 0.1) is 11.8 Å². The molecule has 0 aromatic heterocycles. The molecule has 6 nitrogen and oxygen atoms in total. The maximum absolute atomic E-state index is 12.8. The Bertz CT molecular complexity index is 1060. The van der Waals surface area contributed by atoms with E-state index in [1.807, 2.05) is 42.5 Å². The van der Waals surface area contributed by atoms with E-state index in [1.165, 1.54) is 4.90 Å². The van der Waals surface area contributed by atoms with E-state index in [0.717, 1.165) is 11.1 Å². The van der Waals surface area contributed by atoms with Crippen LogP contribution in [0.4, 0.5) is 13.2 Å². The first-order valence-electron chi connectivity index (χ1n) is 11.4. The van der Waals surface area contributed by atoms with E-state index in [1.54, 1.807) is 26.1 Å². The Kier molecular flexibility index (Phi) is 9.01. The topological polar surface area (TPSA) is 77.3 Å². The molecule has 3 rings (SSSR count). The molecule has 4 atom stereocenters. The van der Waals surface area contributed by atoms with Crippen molar-refractivity contribution < 1.29 is 23.1 Å². The van der Waals surface area contributed by atoms with Crippen molar-refractivity contribution in [2.24, 2.45) is 10.2 Å². The average molecular weight is 487 g/mol. The minimum atomic E-state index is -4.41. The summed E-state index contributed by atoms with van der Waals surface area (Å²) in [5.74, 6) is 5.57. The second kappa shape index (κ2) is 12.0. The van der Waals surface area contributed by atoms with Gasteiger partial charge in [0.1, 0.15) is 6.10 Å². The summed E-state index contributed by atoms with van der Waals surface area (Å²) in [5, 5.41) is 20.9. The smallest absolute Gasteiger partial charge is 0.386 e. The Hall–Kier alpha value is -3.22. The summed E-state index contributed by atoms with van der Waals surface area (Å²) in [6.45, 7) is 2.37. The van der Waals surface area contributed by atoms with Crippen molar-refractivity contribution in [3.8, 4) is 11.8 Å². The Morgan fingerprint density at radius 2 is 1.86 bits per heavy atom. The van der Waals surface area contributed by atoms with E-state index in [9.17, 15) is 23.1 Å². The predicted octanol–water partition coefficient (Wildman–Crippen LogP) is 4.17. The van der Waals surface area contributed by atoms with E-state index >= 15 is 0 Å². The summed E-state index contributed by atoms with van der Waals surface area (Å²) >= 11 is 0. The molecule has 1 aliphatic rings. The first-order chi connectivity index (χ1) is 16.7. The molecule has 0 saturated heterocycles. The highest BCUT2D eigenvalue weighted by Gasteiger charge is 2.44. The second-order valence-electron chi connectivity index (χ2n) is 8.49. The quantitative estimate of drug-likeness (QED) is 0.523. The summed E-state index contributed by atoms with van der Waals surface area (Å²) in [7, 11) is 1.55. The normalized spacial score (nSPS) is 19.0. The molecule has 9 heteroatoms. The molecule has 2 aromatic rings. The fraction of sp³-hybridized carbons (Fsp3) is 0.423. The van der Waals surface area contributed by atoms with E-state index in [2.05, 4.69) is 27.4 Å². The molecule has 35 heavy (non-hydrogen) atoms. The van der Waals surface area contributed by atoms with Gasteiger partial charge in [0, 0.05) is 32.1 Å². The van der Waals surface area contributed by atoms with Crippen LogP contribution >= 0.6 is 0 Å². The number of carbonyl (C=O) groups is 1. The van der Waals surface area contributed by atoms with Gasteiger partial charge in [-0.15, -0.1) is 5.92 Å². The Labute approximate surface area is 203 Å². The van der Waals surface area contributed by atoms with Gasteiger partial charge in [-0.05, 0) is 36.6 Å². The van der Waals surface area contributed by atoms with Gasteiger partial charge in [-0.2, -0.15) is 23.4 Å². The van der Waals surface area contributed by atoms with Crippen LogP contribution in [0.3, 0.4) is 0 Å². The van der Waals surface area contributed by atoms with Gasteiger partial charge in [0.15, 0.2) is 6.04 Å². The summed E-state index contributed by atoms with van der Waals surface area (Å²) in [4.78, 5) is 14.1. The third-order valence-electron chi connectivity index (χ3n) is 5.81. The van der Waals surface area contributed by atoms with Gasteiger partial charge in [-0.3, -0.25) is 4.79 Å². The number of hydrogen-bond acceptors (Lipinski definition) is 5. The van der Waals surface area contributed by atoms with Crippen molar-refractivity contribution in [2.75, 3.05) is 20.1 Å². The molecule has 0 fully saturated rings. The van der Waals surface area contributed by atoms with Crippen molar-refractivity contribution in [2.45, 2.75) is 50.2 Å². The monoisotopic (exact) mass is 486 g/mol. The average Bonchev–Trinajstić information content (AvgIpc) is 3.33. The lowest BCUT2D eigenvalue weighted by Gasteiger charge is -2.21. The standard InChI is InChI=1S/C26H29F3N4O2/c1-3-7-22(24(34)19-8-5-4-6-9-19)30-15-14-18-10-12-20(13-11-18)25(35)33(2)17-21-16-23(32-31-21)26(27,28)29/h4-6,8-13,21-24,30,34H,14-17H2,1-2H3. The molecule has 1 aliphatic heterocycles. The summed E-state index contributed by atoms with van der Waals surface area (Å²) in [5.41, 5.74) is 2.22. The highest BCUT2D eigenvalue weighted by Crippen LogP contribution is 2.31. The Morgan fingerprint density at radius 1 is 1.17 bits per heavy atom. The summed E-state index contributed by atoms with van der Waals surface area (Å²) < 4.78 is 38.3. The van der Waals surface area contributed by atoms with Crippen molar-refractivity contribution in [1.82, 2.24) is 10.2 Å². The Balaban J connectivity index is 1.49. The molecule has 186 valence electrons. The number of amides is 1. The molecule has 1 heterocycles. The zero-order chi connectivity index (χ0) is 25.4. The minimum Gasteiger partial charge on any atom is -0.386 e. The lowest BCUT2D eigenvalue weighted by Crippen LogP contribution is -2.35. The number of rotatable bonds is 9. The van der Waals surface area contributed by atoms with Gasteiger partial charge in [-0.25, -0.2) is 0 Å². The number of carbonyl (C=O) groups excluding carboxylic acids is 1. The van der Waals surface area contributed by atoms with E-state index in [4.69, 9.17) is 0 Å². The van der Waals surface area contributed by atoms with Crippen molar-refractivity contribution >= 4 is 5.91 Å². The number of aliphatic hydroxyl groups excluding tert-OH is 1. The molecule has 0 saturated carbocycles. The van der Waals surface area contributed by atoms with E-state index in [0.29, 0.717) is 18.5 Å². The van der Waals surface area contributed by atoms with E-state index < -0.39 is 30.4 Å². The van der Waals surface area contributed by atoms with Gasteiger partial charge in [0.2, 0.25) is 0 Å². The minimum absolute atomic E-state index is 0.0736. The summed E-state index contributed by atoms with van der Waals surface area (Å²) in [6, 6.07) is 13.5. The van der Waals surface area contributed by atoms with Gasteiger partial charge in [0.25, 0.3) is 5.91 Å². The lowest BCUT2D eigenvalue weighted by molar-refractivity contribution is -0.146. The van der Waals surface area contributed by atoms with Crippen molar-refractivity contribution in [1.29, 1.82) is 0 Å². The number of azo groups is 1. The number of likely N-dealkylation sites (N-methyl/N-ethyl adjacent to an activating group) is 1. The van der Waals surface area contributed by atoms with Gasteiger partial charge < -0.3 is 15.3 Å². The number of nitrogens with one attached hydrogen (secondary N) is 1. The van der Waals surface area contributed by atoms with Crippen LogP contribution in [-0.2, 0) is 6.42 Å². The van der Waals surface area contributed by atoms with Gasteiger partial charge in [0.05, 0.1) is 12.1 Å². The molecule has 2 N–H and O–H groups in total. The zero-order valence-corrected chi connectivity index (χ0v) is 19.7. The maximum atomic E-state index is 12.8. The third-order valence-corrected chi connectivity index (χ3v) is 5.81. The fourth-order valence-electron chi connectivity index (χ4n) is 3.88. The van der Waals surface area contributed by atoms with Gasteiger partial charge in [-0.1, -0.05) is 48.4 Å². The van der Waals surface area contributed by atoms with Crippen LogP contribution in [0.5, 0.6) is 0 Å². The molecule has 4 unspecified atom stereocenters. The fourth-order valence-corrected chi connectivity index (χ4v) is 3.88. The summed E-state index contributed by atoms with van der Waals surface area (Å²) in [6.07, 6.45) is -4.75. The maximum Gasteiger partial charge on any atom is 0.412 e. The molecule has 2 aromatic carbocycles. The Morgan fingerprint density at radius 3 is 2.46 bits per heavy atom. The van der Waals surface area contributed by atoms with Crippen molar-refractivity contribution in [3.63, 3.8) is 0 Å². The number of hydrogen-bond donors (Lipinski definition) is 2. The van der Waals surface area contributed by atoms with Crippen LogP contribution < -0.4 is 5.32 Å². The largest absolute Gasteiger partial charge is 0.412 e. The highest BCUT2D eigenvalue weighted by molar-refractivity contribution is 5.94. The second-order valence-corrected chi connectivity index (χ2v) is 8.49. The number of aliphatic hydroxyl groups is 1. The van der Waals surface area contributed by atoms with Gasteiger partial charge >= 0.3 is 6.18 Å². The van der Waals surface area contributed by atoms with Crippen LogP contribution in [0.2, 0.25) is 0 Å².